The van der Waals surface area contributed by atoms with E-state index in [9.17, 15) is 14.4 Å². The number of ketones is 1. The standard InChI is InChI=1S/C16H16N2O5/c1-16(9-7-13(19)8-10-16)18(17-14(20)21)15(22)23-11-12-5-3-2-4-6-12/h2-10,17H,11H2,1H3,(H,20,21). The predicted molar refractivity (Wildman–Crippen MR) is 81.3 cm³/mol. The van der Waals surface area contributed by atoms with Gasteiger partial charge in [-0.2, -0.15) is 0 Å². The van der Waals surface area contributed by atoms with Gasteiger partial charge in [0, 0.05) is 0 Å². The van der Waals surface area contributed by atoms with Gasteiger partial charge in [-0.3, -0.25) is 4.79 Å². The first-order valence-electron chi connectivity index (χ1n) is 6.84. The number of rotatable bonds is 3. The van der Waals surface area contributed by atoms with Gasteiger partial charge in [-0.25, -0.2) is 20.0 Å². The van der Waals surface area contributed by atoms with Gasteiger partial charge in [0.15, 0.2) is 5.78 Å². The van der Waals surface area contributed by atoms with Crippen molar-refractivity contribution in [3.63, 3.8) is 0 Å². The van der Waals surface area contributed by atoms with Gasteiger partial charge in [0.2, 0.25) is 0 Å². The second kappa shape index (κ2) is 6.78. The molecule has 2 amide bonds. The molecule has 0 saturated heterocycles. The normalized spacial score (nSPS) is 15.1. The van der Waals surface area contributed by atoms with Gasteiger partial charge in [0.1, 0.15) is 12.1 Å². The van der Waals surface area contributed by atoms with Crippen LogP contribution in [-0.4, -0.2) is 33.6 Å². The van der Waals surface area contributed by atoms with Gasteiger partial charge in [0.05, 0.1) is 0 Å². The first-order chi connectivity index (χ1) is 10.9. The first kappa shape index (κ1) is 16.3. The number of allylic oxidation sites excluding steroid dienone is 2. The largest absolute Gasteiger partial charge is 0.464 e. The quantitative estimate of drug-likeness (QED) is 0.834. The number of amides is 2. The Kier molecular flexibility index (Phi) is 4.80. The lowest BCUT2D eigenvalue weighted by Crippen LogP contribution is -2.57. The molecule has 7 nitrogen and oxygen atoms in total. The molecule has 1 aromatic rings. The zero-order valence-electron chi connectivity index (χ0n) is 12.4. The number of benzene rings is 1. The summed E-state index contributed by atoms with van der Waals surface area (Å²) in [5, 5.41) is 9.76. The van der Waals surface area contributed by atoms with Crippen LogP contribution in [0.1, 0.15) is 12.5 Å². The van der Waals surface area contributed by atoms with E-state index >= 15 is 0 Å². The molecule has 0 spiro atoms. The number of carbonyl (C=O) groups is 3. The summed E-state index contributed by atoms with van der Waals surface area (Å²) in [4.78, 5) is 34.5. The number of hydrazine groups is 1. The molecule has 0 radical (unpaired) electrons. The first-order valence-corrected chi connectivity index (χ1v) is 6.84. The second-order valence-electron chi connectivity index (χ2n) is 5.09. The molecule has 0 aliphatic heterocycles. The van der Waals surface area contributed by atoms with Crippen molar-refractivity contribution < 1.29 is 24.2 Å². The van der Waals surface area contributed by atoms with Gasteiger partial charge in [-0.15, -0.1) is 0 Å². The summed E-state index contributed by atoms with van der Waals surface area (Å²) in [6, 6.07) is 9.00. The molecule has 0 atom stereocenters. The summed E-state index contributed by atoms with van der Waals surface area (Å²) in [6.45, 7) is 1.58. The third-order valence-corrected chi connectivity index (χ3v) is 3.25. The molecule has 0 unspecified atom stereocenters. The molecule has 2 rings (SSSR count). The van der Waals surface area contributed by atoms with E-state index in [4.69, 9.17) is 9.84 Å². The molecular formula is C16H16N2O5. The molecule has 23 heavy (non-hydrogen) atoms. The van der Waals surface area contributed by atoms with E-state index in [0.717, 1.165) is 10.6 Å². The number of ether oxygens (including phenoxy) is 1. The van der Waals surface area contributed by atoms with Crippen LogP contribution in [-0.2, 0) is 16.1 Å². The molecule has 1 aromatic carbocycles. The molecule has 0 bridgehead atoms. The average Bonchev–Trinajstić information content (AvgIpc) is 2.54. The Bertz CT molecular complexity index is 650. The monoisotopic (exact) mass is 316 g/mol. The highest BCUT2D eigenvalue weighted by atomic mass is 16.6. The molecule has 0 fully saturated rings. The van der Waals surface area contributed by atoms with E-state index in [1.54, 1.807) is 31.2 Å². The van der Waals surface area contributed by atoms with E-state index in [-0.39, 0.29) is 12.4 Å². The van der Waals surface area contributed by atoms with E-state index in [0.29, 0.717) is 0 Å². The maximum Gasteiger partial charge on any atom is 0.430 e. The molecule has 0 heterocycles. The lowest BCUT2D eigenvalue weighted by Gasteiger charge is -2.35. The van der Waals surface area contributed by atoms with Crippen LogP contribution >= 0.6 is 0 Å². The molecule has 0 saturated carbocycles. The summed E-state index contributed by atoms with van der Waals surface area (Å²) in [7, 11) is 0. The van der Waals surface area contributed by atoms with Gasteiger partial charge in [-0.1, -0.05) is 30.3 Å². The van der Waals surface area contributed by atoms with Crippen molar-refractivity contribution in [2.75, 3.05) is 0 Å². The fourth-order valence-corrected chi connectivity index (χ4v) is 2.00. The molecule has 2 N–H and O–H groups in total. The minimum Gasteiger partial charge on any atom is -0.464 e. The fourth-order valence-electron chi connectivity index (χ4n) is 2.00. The van der Waals surface area contributed by atoms with E-state index in [2.05, 4.69) is 0 Å². The molecule has 1 aliphatic rings. The minimum absolute atomic E-state index is 0.0000878. The number of nitrogens with zero attached hydrogens (tertiary/aromatic N) is 1. The number of nitrogens with one attached hydrogen (secondary N) is 1. The number of hydrogen-bond donors (Lipinski definition) is 2. The van der Waals surface area contributed by atoms with E-state index in [1.165, 1.54) is 24.3 Å². The van der Waals surface area contributed by atoms with Crippen molar-refractivity contribution in [3.8, 4) is 0 Å². The van der Waals surface area contributed by atoms with Crippen LogP contribution in [0.25, 0.3) is 0 Å². The van der Waals surface area contributed by atoms with Crippen molar-refractivity contribution in [1.82, 2.24) is 10.4 Å². The highest BCUT2D eigenvalue weighted by Crippen LogP contribution is 2.21. The second-order valence-corrected chi connectivity index (χ2v) is 5.09. The van der Waals surface area contributed by atoms with Crippen molar-refractivity contribution in [2.24, 2.45) is 0 Å². The van der Waals surface area contributed by atoms with Gasteiger partial charge < -0.3 is 9.84 Å². The Morgan fingerprint density at radius 1 is 1.22 bits per heavy atom. The van der Waals surface area contributed by atoms with Crippen molar-refractivity contribution in [2.45, 2.75) is 19.1 Å². The molecular weight excluding hydrogens is 300 g/mol. The zero-order chi connectivity index (χ0) is 16.9. The fraction of sp³-hybridized carbons (Fsp3) is 0.188. The lowest BCUT2D eigenvalue weighted by atomic mass is 9.95. The Morgan fingerprint density at radius 3 is 2.39 bits per heavy atom. The third-order valence-electron chi connectivity index (χ3n) is 3.25. The SMILES string of the molecule is CC1(N(NC(=O)O)C(=O)OCc2ccccc2)C=CC(=O)C=C1. The van der Waals surface area contributed by atoms with Gasteiger partial charge >= 0.3 is 12.2 Å². The summed E-state index contributed by atoms with van der Waals surface area (Å²) in [5.41, 5.74) is 1.63. The Balaban J connectivity index is 2.13. The lowest BCUT2D eigenvalue weighted by molar-refractivity contribution is -0.110. The topological polar surface area (TPSA) is 95.9 Å². The van der Waals surface area contributed by atoms with Crippen molar-refractivity contribution in [1.29, 1.82) is 0 Å². The van der Waals surface area contributed by atoms with Crippen molar-refractivity contribution >= 4 is 18.0 Å². The summed E-state index contributed by atoms with van der Waals surface area (Å²) < 4.78 is 5.14. The maximum atomic E-state index is 12.3. The highest BCUT2D eigenvalue weighted by Gasteiger charge is 2.35. The summed E-state index contributed by atoms with van der Waals surface area (Å²) in [6.07, 6.45) is 3.09. The van der Waals surface area contributed by atoms with Crippen LogP contribution in [0.2, 0.25) is 0 Å². The highest BCUT2D eigenvalue weighted by molar-refractivity contribution is 6.00. The van der Waals surface area contributed by atoms with Gasteiger partial charge in [0.25, 0.3) is 0 Å². The van der Waals surface area contributed by atoms with Gasteiger partial charge in [-0.05, 0) is 36.8 Å². The number of hydrogen-bond acceptors (Lipinski definition) is 4. The number of carboxylic acid groups (broad SMARTS) is 1. The maximum absolute atomic E-state index is 12.3. The average molecular weight is 316 g/mol. The van der Waals surface area contributed by atoms with Crippen LogP contribution in [0.3, 0.4) is 0 Å². The summed E-state index contributed by atoms with van der Waals surface area (Å²) in [5.74, 6) is -0.240. The van der Waals surface area contributed by atoms with E-state index in [1.807, 2.05) is 11.5 Å². The third kappa shape index (κ3) is 4.19. The van der Waals surface area contributed by atoms with Crippen LogP contribution in [0.5, 0.6) is 0 Å². The smallest absolute Gasteiger partial charge is 0.430 e. The molecule has 120 valence electrons. The van der Waals surface area contributed by atoms with Crippen molar-refractivity contribution in [3.05, 3.63) is 60.2 Å². The van der Waals surface area contributed by atoms with Crippen LogP contribution in [0.4, 0.5) is 9.59 Å². The van der Waals surface area contributed by atoms with Crippen LogP contribution in [0, 0.1) is 0 Å². The number of carbonyl (C=O) groups excluding carboxylic acids is 2. The minimum atomic E-state index is -1.42. The van der Waals surface area contributed by atoms with Crippen LogP contribution < -0.4 is 5.43 Å². The van der Waals surface area contributed by atoms with E-state index < -0.39 is 17.7 Å². The Hall–Kier alpha value is -3.09. The Labute approximate surface area is 132 Å². The molecule has 0 aromatic heterocycles. The summed E-state index contributed by atoms with van der Waals surface area (Å²) >= 11 is 0. The zero-order valence-corrected chi connectivity index (χ0v) is 12.4. The van der Waals surface area contributed by atoms with Crippen LogP contribution in [0.15, 0.2) is 54.6 Å². The predicted octanol–water partition coefficient (Wildman–Crippen LogP) is 2.26. The molecule has 7 heteroatoms. The molecule has 1 aliphatic carbocycles. The Morgan fingerprint density at radius 2 is 1.83 bits per heavy atom.